The number of anilines is 1. The number of para-hydroxylation sites is 1. The number of carbonyl (C=O) groups is 2. The molecule has 0 spiro atoms. The molecule has 10 nitrogen and oxygen atoms in total. The summed E-state index contributed by atoms with van der Waals surface area (Å²) in [5, 5.41) is 19.4. The number of ether oxygens (including phenoxy) is 2. The summed E-state index contributed by atoms with van der Waals surface area (Å²) in [4.78, 5) is 36.9. The van der Waals surface area contributed by atoms with Crippen molar-refractivity contribution in [1.82, 2.24) is 9.78 Å². The van der Waals surface area contributed by atoms with Crippen LogP contribution in [0.2, 0.25) is 5.02 Å². The summed E-state index contributed by atoms with van der Waals surface area (Å²) in [6.45, 7) is 3.22. The number of nitrogens with one attached hydrogen (secondary N) is 1. The molecule has 0 radical (unpaired) electrons. The lowest BCUT2D eigenvalue weighted by atomic mass is 10.2. The number of aromatic nitrogens is 2. The zero-order chi connectivity index (χ0) is 25.3. The van der Waals surface area contributed by atoms with Gasteiger partial charge in [0.25, 0.3) is 11.6 Å². The number of hydrogen-bond donors (Lipinski definition) is 1. The Morgan fingerprint density at radius 2 is 1.97 bits per heavy atom. The molecule has 2 aromatic carbocycles. The van der Waals surface area contributed by atoms with Crippen LogP contribution in [0.25, 0.3) is 15.9 Å². The molecule has 4 rings (SSSR count). The zero-order valence-electron chi connectivity index (χ0n) is 18.8. The summed E-state index contributed by atoms with van der Waals surface area (Å²) < 4.78 is 12.2. The Bertz CT molecular complexity index is 1460. The molecule has 0 aliphatic rings. The number of esters is 1. The van der Waals surface area contributed by atoms with E-state index in [1.807, 2.05) is 25.1 Å². The van der Waals surface area contributed by atoms with Gasteiger partial charge in [-0.15, -0.1) is 11.3 Å². The van der Waals surface area contributed by atoms with Gasteiger partial charge in [-0.3, -0.25) is 14.9 Å². The first kappa shape index (κ1) is 24.2. The van der Waals surface area contributed by atoms with Crippen molar-refractivity contribution in [1.29, 1.82) is 0 Å². The van der Waals surface area contributed by atoms with Gasteiger partial charge in [-0.2, -0.15) is 5.10 Å². The number of amides is 1. The summed E-state index contributed by atoms with van der Waals surface area (Å²) in [6, 6.07) is 12.7. The molecule has 1 unspecified atom stereocenters. The Morgan fingerprint density at radius 3 is 2.66 bits per heavy atom. The predicted octanol–water partition coefficient (Wildman–Crippen LogP) is 5.15. The van der Waals surface area contributed by atoms with Gasteiger partial charge in [0.1, 0.15) is 15.5 Å². The lowest BCUT2D eigenvalue weighted by Crippen LogP contribution is -2.30. The third-order valence-electron chi connectivity index (χ3n) is 5.13. The number of benzene rings is 2. The van der Waals surface area contributed by atoms with Crippen LogP contribution in [-0.4, -0.2) is 39.8 Å². The molecule has 0 saturated heterocycles. The van der Waals surface area contributed by atoms with Crippen LogP contribution in [0, 0.1) is 17.0 Å². The van der Waals surface area contributed by atoms with Gasteiger partial charge in [0.15, 0.2) is 6.10 Å². The SMILES string of the molecule is COc1ccc([N+](=O)[O-])cc1NC(=O)C(C)OC(=O)c1cc2c(C)nn(-c3ccccc3Cl)c2s1. The number of non-ortho nitro benzene ring substituents is 1. The van der Waals surface area contributed by atoms with Gasteiger partial charge in [0.2, 0.25) is 0 Å². The first-order valence-corrected chi connectivity index (χ1v) is 11.5. The van der Waals surface area contributed by atoms with E-state index >= 15 is 0 Å². The van der Waals surface area contributed by atoms with Crippen LogP contribution in [0.5, 0.6) is 5.75 Å². The van der Waals surface area contributed by atoms with Crippen molar-refractivity contribution in [3.8, 4) is 11.4 Å². The van der Waals surface area contributed by atoms with Crippen LogP contribution in [0.3, 0.4) is 0 Å². The van der Waals surface area contributed by atoms with Crippen molar-refractivity contribution >= 4 is 56.4 Å². The van der Waals surface area contributed by atoms with E-state index < -0.39 is 22.9 Å². The molecule has 180 valence electrons. The maximum atomic E-state index is 12.8. The third-order valence-corrected chi connectivity index (χ3v) is 6.54. The van der Waals surface area contributed by atoms with Gasteiger partial charge < -0.3 is 14.8 Å². The minimum atomic E-state index is -1.18. The van der Waals surface area contributed by atoms with Crippen LogP contribution in [-0.2, 0) is 9.53 Å². The van der Waals surface area contributed by atoms with Crippen LogP contribution in [0.15, 0.2) is 48.5 Å². The van der Waals surface area contributed by atoms with E-state index in [4.69, 9.17) is 21.1 Å². The van der Waals surface area contributed by atoms with Gasteiger partial charge in [-0.25, -0.2) is 9.48 Å². The molecule has 0 aliphatic heterocycles. The first-order valence-electron chi connectivity index (χ1n) is 10.3. The Kier molecular flexibility index (Phi) is 6.72. The van der Waals surface area contributed by atoms with Gasteiger partial charge in [0.05, 0.1) is 34.1 Å². The predicted molar refractivity (Wildman–Crippen MR) is 132 cm³/mol. The molecule has 12 heteroatoms. The third kappa shape index (κ3) is 4.81. The lowest BCUT2D eigenvalue weighted by molar-refractivity contribution is -0.384. The standard InChI is InChI=1S/C23H19ClN4O6S/c1-12-15-11-20(35-22(15)27(26-12)18-7-5-4-6-16(18)24)23(30)34-13(2)21(29)25-17-10-14(28(31)32)8-9-19(17)33-3/h4-11,13H,1-3H3,(H,25,29). The van der Waals surface area contributed by atoms with Gasteiger partial charge in [-0.05, 0) is 38.1 Å². The summed E-state index contributed by atoms with van der Waals surface area (Å²) in [7, 11) is 1.37. The number of nitrogens with zero attached hydrogens (tertiary/aromatic N) is 3. The number of halogens is 1. The highest BCUT2D eigenvalue weighted by Crippen LogP contribution is 2.33. The average molecular weight is 515 g/mol. The molecule has 0 fully saturated rings. The van der Waals surface area contributed by atoms with Gasteiger partial charge in [-0.1, -0.05) is 23.7 Å². The van der Waals surface area contributed by atoms with Crippen LogP contribution < -0.4 is 10.1 Å². The Labute approximate surface area is 208 Å². The average Bonchev–Trinajstić information content (AvgIpc) is 3.40. The maximum absolute atomic E-state index is 12.8. The summed E-state index contributed by atoms with van der Waals surface area (Å²) in [5.41, 5.74) is 1.25. The molecule has 0 bridgehead atoms. The molecule has 1 amide bonds. The topological polar surface area (TPSA) is 126 Å². The fraction of sp³-hybridized carbons (Fsp3) is 0.174. The van der Waals surface area contributed by atoms with Crippen LogP contribution >= 0.6 is 22.9 Å². The van der Waals surface area contributed by atoms with E-state index in [2.05, 4.69) is 10.4 Å². The molecule has 4 aromatic rings. The number of nitro benzene ring substituents is 1. The van der Waals surface area contributed by atoms with Crippen molar-refractivity contribution in [2.24, 2.45) is 0 Å². The molecular weight excluding hydrogens is 496 g/mol. The largest absolute Gasteiger partial charge is 0.495 e. The summed E-state index contributed by atoms with van der Waals surface area (Å²) in [5.74, 6) is -1.13. The highest BCUT2D eigenvalue weighted by molar-refractivity contribution is 7.20. The molecule has 0 saturated carbocycles. The zero-order valence-corrected chi connectivity index (χ0v) is 20.3. The molecule has 1 N–H and O–H groups in total. The fourth-order valence-electron chi connectivity index (χ4n) is 3.35. The second-order valence-electron chi connectivity index (χ2n) is 7.46. The van der Waals surface area contributed by atoms with E-state index in [0.29, 0.717) is 21.2 Å². The van der Waals surface area contributed by atoms with Crippen molar-refractivity contribution in [2.75, 3.05) is 12.4 Å². The molecule has 35 heavy (non-hydrogen) atoms. The second-order valence-corrected chi connectivity index (χ2v) is 8.89. The Hall–Kier alpha value is -3.96. The Morgan fingerprint density at radius 1 is 1.23 bits per heavy atom. The summed E-state index contributed by atoms with van der Waals surface area (Å²) >= 11 is 7.48. The van der Waals surface area contributed by atoms with E-state index in [-0.39, 0.29) is 22.0 Å². The van der Waals surface area contributed by atoms with Crippen LogP contribution in [0.1, 0.15) is 22.3 Å². The van der Waals surface area contributed by atoms with Crippen molar-refractivity contribution in [3.05, 3.63) is 74.2 Å². The minimum Gasteiger partial charge on any atom is -0.495 e. The van der Waals surface area contributed by atoms with Crippen LogP contribution in [0.4, 0.5) is 11.4 Å². The lowest BCUT2D eigenvalue weighted by Gasteiger charge is -2.14. The number of thiophene rings is 1. The smallest absolute Gasteiger partial charge is 0.349 e. The number of hydrogen-bond acceptors (Lipinski definition) is 8. The number of rotatable bonds is 7. The maximum Gasteiger partial charge on any atom is 0.349 e. The molecule has 1 atom stereocenters. The van der Waals surface area contributed by atoms with E-state index in [1.54, 1.807) is 16.8 Å². The van der Waals surface area contributed by atoms with Gasteiger partial charge in [0, 0.05) is 17.5 Å². The minimum absolute atomic E-state index is 0.0897. The fourth-order valence-corrected chi connectivity index (χ4v) is 4.62. The number of nitro groups is 1. The second kappa shape index (κ2) is 9.72. The van der Waals surface area contributed by atoms with Crippen molar-refractivity contribution < 1.29 is 24.0 Å². The first-order chi connectivity index (χ1) is 16.7. The monoisotopic (exact) mass is 514 g/mol. The highest BCUT2D eigenvalue weighted by Gasteiger charge is 2.24. The van der Waals surface area contributed by atoms with E-state index in [9.17, 15) is 19.7 Å². The van der Waals surface area contributed by atoms with Crippen molar-refractivity contribution in [3.63, 3.8) is 0 Å². The Balaban J connectivity index is 1.53. The number of methoxy groups -OCH3 is 1. The normalized spacial score (nSPS) is 11.8. The number of fused-ring (bicyclic) bond motifs is 1. The van der Waals surface area contributed by atoms with Crippen molar-refractivity contribution in [2.45, 2.75) is 20.0 Å². The highest BCUT2D eigenvalue weighted by atomic mass is 35.5. The summed E-state index contributed by atoms with van der Waals surface area (Å²) in [6.07, 6.45) is -1.18. The van der Waals surface area contributed by atoms with E-state index in [1.165, 1.54) is 43.6 Å². The molecule has 0 aliphatic carbocycles. The van der Waals surface area contributed by atoms with Gasteiger partial charge >= 0.3 is 5.97 Å². The number of aryl methyl sites for hydroxylation is 1. The quantitative estimate of drug-likeness (QED) is 0.205. The molecular formula is C23H19ClN4O6S. The molecule has 2 aromatic heterocycles. The number of carbonyl (C=O) groups excluding carboxylic acids is 2. The molecule has 2 heterocycles. The van der Waals surface area contributed by atoms with E-state index in [0.717, 1.165) is 5.39 Å².